The lowest BCUT2D eigenvalue weighted by Crippen LogP contribution is -2.65. The fraction of sp³-hybridized carbons (Fsp3) is 0.409. The quantitative estimate of drug-likeness (QED) is 0.619. The Morgan fingerprint density at radius 1 is 1.19 bits per heavy atom. The summed E-state index contributed by atoms with van der Waals surface area (Å²) in [6.45, 7) is 0. The summed E-state index contributed by atoms with van der Waals surface area (Å²) in [5, 5.41) is 13.7. The van der Waals surface area contributed by atoms with Crippen LogP contribution >= 0.6 is 15.9 Å². The lowest BCUT2D eigenvalue weighted by Gasteiger charge is -2.60. The third-order valence-electron chi connectivity index (χ3n) is 7.33. The third kappa shape index (κ3) is 2.71. The van der Waals surface area contributed by atoms with Crippen LogP contribution in [-0.4, -0.2) is 37.6 Å². The summed E-state index contributed by atoms with van der Waals surface area (Å²) < 4.78 is 2.52. The molecule has 4 aliphatic rings. The highest BCUT2D eigenvalue weighted by Gasteiger charge is 2.57. The molecule has 0 spiro atoms. The smallest absolute Gasteiger partial charge is 0.223 e. The first-order valence-electron chi connectivity index (χ1n) is 10.4. The van der Waals surface area contributed by atoms with E-state index in [1.807, 2.05) is 18.5 Å². The number of piperidine rings is 2. The zero-order valence-electron chi connectivity index (χ0n) is 16.7. The van der Waals surface area contributed by atoms with Crippen molar-refractivity contribution in [2.75, 3.05) is 4.90 Å². The van der Waals surface area contributed by atoms with Gasteiger partial charge in [-0.2, -0.15) is 10.4 Å². The summed E-state index contributed by atoms with van der Waals surface area (Å²) in [5.74, 6) is 1.28. The van der Waals surface area contributed by atoms with Crippen LogP contribution in [0.1, 0.15) is 37.7 Å². The zero-order chi connectivity index (χ0) is 21.3. The number of carbonyl (C=O) groups excluding carboxylic acids is 1. The van der Waals surface area contributed by atoms with Gasteiger partial charge in [-0.25, -0.2) is 9.50 Å². The van der Waals surface area contributed by atoms with Crippen molar-refractivity contribution in [3.8, 4) is 17.3 Å². The molecule has 2 saturated heterocycles. The van der Waals surface area contributed by atoms with Gasteiger partial charge in [0, 0.05) is 28.3 Å². The van der Waals surface area contributed by atoms with Gasteiger partial charge >= 0.3 is 0 Å². The molecule has 2 N–H and O–H groups in total. The molecular weight excluding hydrogens is 458 g/mol. The number of anilines is 1. The third-order valence-corrected chi connectivity index (χ3v) is 7.76. The summed E-state index contributed by atoms with van der Waals surface area (Å²) >= 11 is 3.51. The van der Waals surface area contributed by atoms with Gasteiger partial charge in [-0.1, -0.05) is 0 Å². The zero-order valence-corrected chi connectivity index (χ0v) is 18.3. The van der Waals surface area contributed by atoms with E-state index < -0.39 is 0 Å². The van der Waals surface area contributed by atoms with Crippen LogP contribution in [0, 0.1) is 22.7 Å². The topological polar surface area (TPSA) is 113 Å². The molecule has 1 amide bonds. The highest BCUT2D eigenvalue weighted by Crippen LogP contribution is 2.56. The minimum Gasteiger partial charge on any atom is -0.369 e. The number of nitrogens with two attached hydrogens (primary N) is 1. The summed E-state index contributed by atoms with van der Waals surface area (Å²) in [6, 6.07) is 4.71. The number of halogens is 1. The number of amides is 1. The number of hydrogen-bond donors (Lipinski definition) is 1. The molecule has 2 aliphatic heterocycles. The van der Waals surface area contributed by atoms with Crippen LogP contribution in [0.25, 0.3) is 16.8 Å². The predicted molar refractivity (Wildman–Crippen MR) is 117 cm³/mol. The van der Waals surface area contributed by atoms with E-state index >= 15 is 0 Å². The summed E-state index contributed by atoms with van der Waals surface area (Å²) in [6.07, 6.45) is 11.7. The minimum absolute atomic E-state index is 0.138. The van der Waals surface area contributed by atoms with Gasteiger partial charge in [-0.3, -0.25) is 9.78 Å². The Hall–Kier alpha value is -2.99. The fourth-order valence-corrected chi connectivity index (χ4v) is 6.68. The number of aromatic nitrogens is 4. The van der Waals surface area contributed by atoms with Crippen molar-refractivity contribution in [3.63, 3.8) is 0 Å². The van der Waals surface area contributed by atoms with E-state index in [0.717, 1.165) is 48.0 Å². The number of nitriles is 1. The maximum absolute atomic E-state index is 12.2. The Morgan fingerprint density at radius 2 is 1.97 bits per heavy atom. The second kappa shape index (κ2) is 6.50. The number of fused-ring (bicyclic) bond motifs is 1. The maximum atomic E-state index is 12.2. The minimum atomic E-state index is -0.335. The van der Waals surface area contributed by atoms with E-state index in [9.17, 15) is 10.1 Å². The first-order valence-corrected chi connectivity index (χ1v) is 11.2. The number of pyridine rings is 1. The van der Waals surface area contributed by atoms with Crippen LogP contribution in [0.3, 0.4) is 0 Å². The van der Waals surface area contributed by atoms with Gasteiger partial charge in [0.25, 0.3) is 0 Å². The van der Waals surface area contributed by atoms with E-state index in [2.05, 4.69) is 32.0 Å². The number of nitrogens with zero attached hydrogens (tertiary/aromatic N) is 6. The fourth-order valence-electron chi connectivity index (χ4n) is 6.26. The molecule has 2 aliphatic carbocycles. The van der Waals surface area contributed by atoms with Gasteiger partial charge in [0.2, 0.25) is 5.91 Å². The Labute approximate surface area is 187 Å². The van der Waals surface area contributed by atoms with Crippen LogP contribution in [-0.2, 0) is 4.79 Å². The second-order valence-corrected chi connectivity index (χ2v) is 10.0. The van der Waals surface area contributed by atoms with Crippen molar-refractivity contribution in [2.45, 2.75) is 44.2 Å². The largest absolute Gasteiger partial charge is 0.369 e. The van der Waals surface area contributed by atoms with E-state index in [-0.39, 0.29) is 23.4 Å². The van der Waals surface area contributed by atoms with Crippen molar-refractivity contribution in [1.82, 2.24) is 19.6 Å². The first kappa shape index (κ1) is 18.8. The van der Waals surface area contributed by atoms with E-state index in [1.165, 1.54) is 0 Å². The SMILES string of the molecule is N#Cc1cnn2cc(Br)cc(-c3cnc(N4[C@@H]5CC6C[C@H]4CC(C(N)=O)(C6)C5)cn3)c12. The molecule has 3 aromatic heterocycles. The normalized spacial score (nSPS) is 28.8. The lowest BCUT2D eigenvalue weighted by atomic mass is 9.55. The second-order valence-electron chi connectivity index (χ2n) is 9.10. The molecule has 8 nitrogen and oxygen atoms in total. The molecular formula is C22H20BrN7O. The average molecular weight is 478 g/mol. The molecule has 5 heterocycles. The van der Waals surface area contributed by atoms with E-state index in [4.69, 9.17) is 15.7 Å². The van der Waals surface area contributed by atoms with Crippen molar-refractivity contribution < 1.29 is 4.79 Å². The van der Waals surface area contributed by atoms with Crippen molar-refractivity contribution in [2.24, 2.45) is 17.1 Å². The van der Waals surface area contributed by atoms with Crippen LogP contribution in [0.5, 0.6) is 0 Å². The monoisotopic (exact) mass is 477 g/mol. The number of hydrogen-bond acceptors (Lipinski definition) is 6. The Kier molecular flexibility index (Phi) is 3.93. The predicted octanol–water partition coefficient (Wildman–Crippen LogP) is 3.05. The number of primary amides is 1. The molecule has 2 unspecified atom stereocenters. The molecule has 31 heavy (non-hydrogen) atoms. The van der Waals surface area contributed by atoms with Gasteiger partial charge in [-0.15, -0.1) is 0 Å². The molecule has 2 saturated carbocycles. The summed E-state index contributed by atoms with van der Waals surface area (Å²) in [5.41, 5.74) is 8.17. The average Bonchev–Trinajstić information content (AvgIpc) is 3.15. The van der Waals surface area contributed by atoms with Crippen LogP contribution in [0.2, 0.25) is 0 Å². The van der Waals surface area contributed by atoms with Crippen LogP contribution < -0.4 is 10.6 Å². The van der Waals surface area contributed by atoms with Crippen molar-refractivity contribution in [3.05, 3.63) is 40.9 Å². The molecule has 4 bridgehead atoms. The molecule has 156 valence electrons. The molecule has 0 aromatic carbocycles. The van der Waals surface area contributed by atoms with Crippen LogP contribution in [0.15, 0.2) is 35.3 Å². The molecule has 9 heteroatoms. The molecule has 3 aromatic rings. The highest BCUT2D eigenvalue weighted by molar-refractivity contribution is 9.10. The van der Waals surface area contributed by atoms with E-state index in [0.29, 0.717) is 22.7 Å². The summed E-state index contributed by atoms with van der Waals surface area (Å²) in [4.78, 5) is 24.0. The van der Waals surface area contributed by atoms with Gasteiger partial charge in [0.15, 0.2) is 0 Å². The van der Waals surface area contributed by atoms with Gasteiger partial charge < -0.3 is 10.6 Å². The van der Waals surface area contributed by atoms with Crippen molar-refractivity contribution >= 4 is 33.2 Å². The molecule has 7 rings (SSSR count). The summed E-state index contributed by atoms with van der Waals surface area (Å²) in [7, 11) is 0. The Morgan fingerprint density at radius 3 is 2.61 bits per heavy atom. The first-order chi connectivity index (χ1) is 15.0. The van der Waals surface area contributed by atoms with E-state index in [1.54, 1.807) is 16.9 Å². The van der Waals surface area contributed by atoms with Gasteiger partial charge in [0.1, 0.15) is 11.9 Å². The van der Waals surface area contributed by atoms with Crippen LogP contribution in [0.4, 0.5) is 5.82 Å². The number of rotatable bonds is 3. The van der Waals surface area contributed by atoms with Gasteiger partial charge in [0.05, 0.1) is 40.8 Å². The standard InChI is InChI=1S/C22H20BrN7O/c23-14-3-17(20-13(7-24)8-28-29(20)11-14)18-9-27-19(10-26-18)30-15-1-12-2-16(30)6-22(4-12,5-15)21(25)31/h3,8-12,15-16H,1-2,4-6H2,(H2,25,31)/t12?,15-,16+,22?. The molecule has 4 fully saturated rings. The Balaban J connectivity index is 1.37. The maximum Gasteiger partial charge on any atom is 0.223 e. The lowest BCUT2D eigenvalue weighted by molar-refractivity contribution is -0.136. The van der Waals surface area contributed by atoms with Crippen molar-refractivity contribution in [1.29, 1.82) is 5.26 Å². The molecule has 0 radical (unpaired) electrons. The van der Waals surface area contributed by atoms with Gasteiger partial charge in [-0.05, 0) is 60.0 Å². The Bertz CT molecular complexity index is 1250. The molecule has 4 atom stereocenters. The number of carbonyl (C=O) groups is 1. The highest BCUT2D eigenvalue weighted by atomic mass is 79.9.